The maximum absolute atomic E-state index is 6.33. The molecule has 4 nitrogen and oxygen atoms in total. The van der Waals surface area contributed by atoms with Crippen LogP contribution in [-0.2, 0) is 4.74 Å². The van der Waals surface area contributed by atoms with Crippen molar-refractivity contribution in [3.63, 3.8) is 0 Å². The molecule has 2 unspecified atom stereocenters. The van der Waals surface area contributed by atoms with Gasteiger partial charge in [-0.15, -0.1) is 0 Å². The van der Waals surface area contributed by atoms with E-state index in [4.69, 9.17) is 15.2 Å². The maximum atomic E-state index is 6.33. The molecule has 1 aromatic carbocycles. The summed E-state index contributed by atoms with van der Waals surface area (Å²) in [6.45, 7) is 6.73. The lowest BCUT2D eigenvalue weighted by molar-refractivity contribution is 0.0118. The first-order valence-electron chi connectivity index (χ1n) is 6.89. The maximum Gasteiger partial charge on any atom is 0.124 e. The number of methoxy groups -OCH3 is 1. The average molecular weight is 264 g/mol. The van der Waals surface area contributed by atoms with Gasteiger partial charge in [0, 0.05) is 18.7 Å². The Morgan fingerprint density at radius 1 is 1.42 bits per heavy atom. The van der Waals surface area contributed by atoms with E-state index in [1.165, 1.54) is 5.56 Å². The van der Waals surface area contributed by atoms with E-state index >= 15 is 0 Å². The van der Waals surface area contributed by atoms with Crippen LogP contribution in [-0.4, -0.2) is 32.9 Å². The average Bonchev–Trinajstić information content (AvgIpc) is 2.46. The summed E-state index contributed by atoms with van der Waals surface area (Å²) in [5, 5.41) is 3.31. The van der Waals surface area contributed by atoms with Crippen molar-refractivity contribution in [2.45, 2.75) is 31.9 Å². The molecule has 1 aliphatic heterocycles. The zero-order chi connectivity index (χ0) is 13.8. The smallest absolute Gasteiger partial charge is 0.124 e. The molecule has 4 heteroatoms. The van der Waals surface area contributed by atoms with Crippen LogP contribution in [0.15, 0.2) is 18.2 Å². The summed E-state index contributed by atoms with van der Waals surface area (Å²) in [4.78, 5) is 0. The first-order chi connectivity index (χ1) is 9.13. The van der Waals surface area contributed by atoms with Crippen LogP contribution in [0, 0.1) is 0 Å². The van der Waals surface area contributed by atoms with Gasteiger partial charge >= 0.3 is 0 Å². The quantitative estimate of drug-likeness (QED) is 0.871. The van der Waals surface area contributed by atoms with E-state index in [0.717, 1.165) is 24.4 Å². The number of hydrogen-bond donors (Lipinski definition) is 2. The van der Waals surface area contributed by atoms with Gasteiger partial charge in [-0.2, -0.15) is 0 Å². The summed E-state index contributed by atoms with van der Waals surface area (Å²) in [6.07, 6.45) is 0.00699. The number of ether oxygens (including phenoxy) is 2. The zero-order valence-electron chi connectivity index (χ0n) is 12.0. The van der Waals surface area contributed by atoms with Gasteiger partial charge in [-0.05, 0) is 17.5 Å². The number of rotatable bonds is 4. The third kappa shape index (κ3) is 3.26. The molecule has 0 spiro atoms. The van der Waals surface area contributed by atoms with Crippen molar-refractivity contribution in [2.24, 2.45) is 5.73 Å². The van der Waals surface area contributed by atoms with E-state index < -0.39 is 0 Å². The molecular formula is C15H24N2O2. The Labute approximate surface area is 115 Å². The molecule has 2 rings (SSSR count). The van der Waals surface area contributed by atoms with Gasteiger partial charge in [-0.25, -0.2) is 0 Å². The lowest BCUT2D eigenvalue weighted by atomic mass is 9.95. The van der Waals surface area contributed by atoms with Crippen LogP contribution in [0.2, 0.25) is 0 Å². The van der Waals surface area contributed by atoms with Gasteiger partial charge in [-0.3, -0.25) is 0 Å². The second kappa shape index (κ2) is 6.37. The van der Waals surface area contributed by atoms with Crippen molar-refractivity contribution in [3.05, 3.63) is 29.3 Å². The Hall–Kier alpha value is -1.10. The molecule has 0 amide bonds. The topological polar surface area (TPSA) is 56.5 Å². The van der Waals surface area contributed by atoms with Crippen LogP contribution in [0.25, 0.3) is 0 Å². The van der Waals surface area contributed by atoms with Gasteiger partial charge in [-0.1, -0.05) is 26.0 Å². The Kier molecular flexibility index (Phi) is 4.80. The third-order valence-electron chi connectivity index (χ3n) is 3.64. The number of benzene rings is 1. The summed E-state index contributed by atoms with van der Waals surface area (Å²) in [5.74, 6) is 1.33. The summed E-state index contributed by atoms with van der Waals surface area (Å²) >= 11 is 0. The normalized spacial score (nSPS) is 21.4. The standard InChI is InChI=1S/C15H24N2O2/c1-10(2)11-4-5-12(13(8-11)18-3)15(16)14-9-17-6-7-19-14/h4-5,8,10,14-15,17H,6-7,9,16H2,1-3H3. The van der Waals surface area contributed by atoms with Gasteiger partial charge in [0.15, 0.2) is 0 Å². The first kappa shape index (κ1) is 14.3. The molecule has 1 heterocycles. The molecule has 0 aromatic heterocycles. The van der Waals surface area contributed by atoms with Crippen molar-refractivity contribution >= 4 is 0 Å². The van der Waals surface area contributed by atoms with Crippen LogP contribution in [0.4, 0.5) is 0 Å². The highest BCUT2D eigenvalue weighted by Crippen LogP contribution is 2.30. The lowest BCUT2D eigenvalue weighted by Gasteiger charge is -2.29. The zero-order valence-corrected chi connectivity index (χ0v) is 12.0. The molecule has 0 saturated carbocycles. The van der Waals surface area contributed by atoms with Crippen molar-refractivity contribution in [3.8, 4) is 5.75 Å². The van der Waals surface area contributed by atoms with Crippen LogP contribution in [0.1, 0.15) is 36.9 Å². The number of nitrogens with one attached hydrogen (secondary N) is 1. The highest BCUT2D eigenvalue weighted by molar-refractivity contribution is 5.41. The van der Waals surface area contributed by atoms with E-state index in [1.54, 1.807) is 7.11 Å². The predicted octanol–water partition coefficient (Wildman–Crippen LogP) is 1.81. The fraction of sp³-hybridized carbons (Fsp3) is 0.600. The van der Waals surface area contributed by atoms with E-state index in [1.807, 2.05) is 0 Å². The van der Waals surface area contributed by atoms with Crippen molar-refractivity contribution in [2.75, 3.05) is 26.8 Å². The monoisotopic (exact) mass is 264 g/mol. The largest absolute Gasteiger partial charge is 0.496 e. The summed E-state index contributed by atoms with van der Waals surface area (Å²) in [7, 11) is 1.69. The number of morpholine rings is 1. The first-order valence-corrected chi connectivity index (χ1v) is 6.89. The van der Waals surface area contributed by atoms with Crippen molar-refractivity contribution < 1.29 is 9.47 Å². The molecule has 106 valence electrons. The molecule has 1 fully saturated rings. The van der Waals surface area contributed by atoms with E-state index in [0.29, 0.717) is 12.5 Å². The van der Waals surface area contributed by atoms with Crippen LogP contribution in [0.5, 0.6) is 5.75 Å². The second-order valence-corrected chi connectivity index (χ2v) is 5.30. The predicted molar refractivity (Wildman–Crippen MR) is 76.6 cm³/mol. The Balaban J connectivity index is 2.22. The summed E-state index contributed by atoms with van der Waals surface area (Å²) < 4.78 is 11.2. The Bertz CT molecular complexity index is 415. The fourth-order valence-electron chi connectivity index (χ4n) is 2.38. The van der Waals surface area contributed by atoms with Gasteiger partial charge < -0.3 is 20.5 Å². The number of nitrogens with two attached hydrogens (primary N) is 1. The molecule has 3 N–H and O–H groups in total. The van der Waals surface area contributed by atoms with Crippen molar-refractivity contribution in [1.29, 1.82) is 0 Å². The molecule has 1 saturated heterocycles. The molecular weight excluding hydrogens is 240 g/mol. The van der Waals surface area contributed by atoms with Crippen LogP contribution >= 0.6 is 0 Å². The highest BCUT2D eigenvalue weighted by atomic mass is 16.5. The fourth-order valence-corrected chi connectivity index (χ4v) is 2.38. The molecule has 0 bridgehead atoms. The van der Waals surface area contributed by atoms with Gasteiger partial charge in [0.1, 0.15) is 5.75 Å². The minimum Gasteiger partial charge on any atom is -0.496 e. The third-order valence-corrected chi connectivity index (χ3v) is 3.64. The van der Waals surface area contributed by atoms with Gasteiger partial charge in [0.25, 0.3) is 0 Å². The van der Waals surface area contributed by atoms with E-state index in [-0.39, 0.29) is 12.1 Å². The summed E-state index contributed by atoms with van der Waals surface area (Å²) in [6, 6.07) is 6.11. The minimum atomic E-state index is -0.163. The van der Waals surface area contributed by atoms with Crippen molar-refractivity contribution in [1.82, 2.24) is 5.32 Å². The van der Waals surface area contributed by atoms with Crippen LogP contribution in [0.3, 0.4) is 0 Å². The SMILES string of the molecule is COc1cc(C(C)C)ccc1C(N)C1CNCCO1. The molecule has 19 heavy (non-hydrogen) atoms. The highest BCUT2D eigenvalue weighted by Gasteiger charge is 2.25. The molecule has 0 aliphatic carbocycles. The molecule has 0 radical (unpaired) electrons. The van der Waals surface area contributed by atoms with Crippen LogP contribution < -0.4 is 15.8 Å². The Morgan fingerprint density at radius 3 is 2.79 bits per heavy atom. The second-order valence-electron chi connectivity index (χ2n) is 5.30. The van der Waals surface area contributed by atoms with E-state index in [9.17, 15) is 0 Å². The molecule has 2 atom stereocenters. The molecule has 1 aromatic rings. The lowest BCUT2D eigenvalue weighted by Crippen LogP contribution is -2.44. The summed E-state index contributed by atoms with van der Waals surface area (Å²) in [5.41, 5.74) is 8.60. The van der Waals surface area contributed by atoms with Gasteiger partial charge in [0.05, 0.1) is 25.9 Å². The minimum absolute atomic E-state index is 0.00699. The Morgan fingerprint density at radius 2 is 2.21 bits per heavy atom. The van der Waals surface area contributed by atoms with Gasteiger partial charge in [0.2, 0.25) is 0 Å². The molecule has 1 aliphatic rings. The van der Waals surface area contributed by atoms with E-state index in [2.05, 4.69) is 37.4 Å². The number of hydrogen-bond acceptors (Lipinski definition) is 4.